The highest BCUT2D eigenvalue weighted by atomic mass is 79.9. The summed E-state index contributed by atoms with van der Waals surface area (Å²) in [6.07, 6.45) is 1.83. The predicted molar refractivity (Wildman–Crippen MR) is 90.8 cm³/mol. The molecule has 0 spiro atoms. The number of aryl methyl sites for hydroxylation is 1. The number of hydrazine groups is 1. The molecule has 0 atom stereocenters. The van der Waals surface area contributed by atoms with Crippen molar-refractivity contribution >= 4 is 38.6 Å². The quantitative estimate of drug-likeness (QED) is 0.530. The van der Waals surface area contributed by atoms with E-state index in [2.05, 4.69) is 36.7 Å². The Balaban J connectivity index is 1.65. The first-order chi connectivity index (χ1) is 11.0. The maximum Gasteiger partial charge on any atom is 0.286 e. The third kappa shape index (κ3) is 3.29. The van der Waals surface area contributed by atoms with Crippen LogP contribution in [0.15, 0.2) is 41.0 Å². The van der Waals surface area contributed by atoms with E-state index in [1.807, 2.05) is 31.2 Å². The standard InChI is InChI=1S/C16H15BrN4O2/c1-9-12(11-4-2-3-5-13(11)19-9)7-15(22)20-21-16(23)14-6-10(17)8-18-14/h2-6,8,18-19H,7H2,1H3,(H,20,22)(H,21,23). The second-order valence-corrected chi connectivity index (χ2v) is 6.10. The minimum absolute atomic E-state index is 0.185. The molecule has 1 aromatic carbocycles. The molecule has 0 saturated heterocycles. The number of amides is 2. The van der Waals surface area contributed by atoms with E-state index in [0.717, 1.165) is 26.6 Å². The normalized spacial score (nSPS) is 10.7. The van der Waals surface area contributed by atoms with Crippen molar-refractivity contribution < 1.29 is 9.59 Å². The molecule has 0 aliphatic heterocycles. The van der Waals surface area contributed by atoms with Gasteiger partial charge in [0.25, 0.3) is 5.91 Å². The zero-order valence-electron chi connectivity index (χ0n) is 12.4. The highest BCUT2D eigenvalue weighted by Crippen LogP contribution is 2.22. The van der Waals surface area contributed by atoms with Crippen molar-refractivity contribution in [2.75, 3.05) is 0 Å². The average Bonchev–Trinajstić information content (AvgIpc) is 3.09. The fourth-order valence-electron chi connectivity index (χ4n) is 2.46. The molecule has 0 aliphatic rings. The van der Waals surface area contributed by atoms with Gasteiger partial charge >= 0.3 is 0 Å². The van der Waals surface area contributed by atoms with Crippen LogP contribution in [0.25, 0.3) is 10.9 Å². The van der Waals surface area contributed by atoms with E-state index in [1.165, 1.54) is 0 Å². The van der Waals surface area contributed by atoms with Crippen molar-refractivity contribution in [3.05, 3.63) is 58.0 Å². The number of hydrogen-bond acceptors (Lipinski definition) is 2. The molecule has 0 unspecified atom stereocenters. The third-order valence-electron chi connectivity index (χ3n) is 3.57. The van der Waals surface area contributed by atoms with E-state index < -0.39 is 5.91 Å². The van der Waals surface area contributed by atoms with E-state index in [1.54, 1.807) is 12.3 Å². The van der Waals surface area contributed by atoms with Gasteiger partial charge < -0.3 is 9.97 Å². The molecule has 2 amide bonds. The first kappa shape index (κ1) is 15.4. The number of fused-ring (bicyclic) bond motifs is 1. The van der Waals surface area contributed by atoms with Crippen LogP contribution in [-0.2, 0) is 11.2 Å². The molecular formula is C16H15BrN4O2. The Morgan fingerprint density at radius 2 is 2.00 bits per heavy atom. The Hall–Kier alpha value is -2.54. The number of rotatable bonds is 3. The Morgan fingerprint density at radius 1 is 1.22 bits per heavy atom. The van der Waals surface area contributed by atoms with Crippen LogP contribution in [-0.4, -0.2) is 21.8 Å². The fourth-order valence-corrected chi connectivity index (χ4v) is 2.80. The SMILES string of the molecule is Cc1[nH]c2ccccc2c1CC(=O)NNC(=O)c1cc(Br)c[nH]1. The topological polar surface area (TPSA) is 89.8 Å². The molecule has 6 nitrogen and oxygen atoms in total. The molecule has 118 valence electrons. The van der Waals surface area contributed by atoms with Crippen LogP contribution in [0, 0.1) is 6.92 Å². The smallest absolute Gasteiger partial charge is 0.286 e. The molecule has 0 saturated carbocycles. The molecule has 2 aromatic heterocycles. The lowest BCUT2D eigenvalue weighted by molar-refractivity contribution is -0.121. The zero-order valence-corrected chi connectivity index (χ0v) is 14.0. The van der Waals surface area contributed by atoms with Crippen molar-refractivity contribution in [2.24, 2.45) is 0 Å². The van der Waals surface area contributed by atoms with Gasteiger partial charge in [-0.15, -0.1) is 0 Å². The van der Waals surface area contributed by atoms with Gasteiger partial charge in [0.1, 0.15) is 5.69 Å². The summed E-state index contributed by atoms with van der Waals surface area (Å²) in [6.45, 7) is 1.93. The van der Waals surface area contributed by atoms with Gasteiger partial charge in [0.15, 0.2) is 0 Å². The molecule has 3 rings (SSSR count). The number of para-hydroxylation sites is 1. The van der Waals surface area contributed by atoms with Crippen LogP contribution < -0.4 is 10.9 Å². The van der Waals surface area contributed by atoms with Crippen molar-refractivity contribution in [2.45, 2.75) is 13.3 Å². The van der Waals surface area contributed by atoms with Gasteiger partial charge in [0.2, 0.25) is 5.91 Å². The summed E-state index contributed by atoms with van der Waals surface area (Å²) >= 11 is 3.25. The Kier molecular flexibility index (Phi) is 4.20. The molecule has 4 N–H and O–H groups in total. The second-order valence-electron chi connectivity index (χ2n) is 5.18. The number of carbonyl (C=O) groups is 2. The summed E-state index contributed by atoms with van der Waals surface area (Å²) in [5.41, 5.74) is 8.05. The van der Waals surface area contributed by atoms with E-state index in [0.29, 0.717) is 5.69 Å². The van der Waals surface area contributed by atoms with Crippen LogP contribution in [0.1, 0.15) is 21.7 Å². The fraction of sp³-hybridized carbons (Fsp3) is 0.125. The number of halogens is 1. The predicted octanol–water partition coefficient (Wildman–Crippen LogP) is 2.57. The van der Waals surface area contributed by atoms with Crippen molar-refractivity contribution in [3.8, 4) is 0 Å². The van der Waals surface area contributed by atoms with Gasteiger partial charge in [-0.1, -0.05) is 18.2 Å². The minimum Gasteiger partial charge on any atom is -0.358 e. The van der Waals surface area contributed by atoms with Gasteiger partial charge in [-0.05, 0) is 40.5 Å². The van der Waals surface area contributed by atoms with Crippen LogP contribution in [0.3, 0.4) is 0 Å². The van der Waals surface area contributed by atoms with Gasteiger partial charge in [0, 0.05) is 27.3 Å². The number of hydrogen-bond donors (Lipinski definition) is 4. The Morgan fingerprint density at radius 3 is 2.74 bits per heavy atom. The summed E-state index contributed by atoms with van der Waals surface area (Å²) in [6, 6.07) is 9.44. The summed E-state index contributed by atoms with van der Waals surface area (Å²) < 4.78 is 0.767. The maximum absolute atomic E-state index is 12.1. The lowest BCUT2D eigenvalue weighted by atomic mass is 10.1. The van der Waals surface area contributed by atoms with Crippen molar-refractivity contribution in [1.29, 1.82) is 0 Å². The molecule has 0 radical (unpaired) electrons. The van der Waals surface area contributed by atoms with Crippen LogP contribution in [0.2, 0.25) is 0 Å². The van der Waals surface area contributed by atoms with Gasteiger partial charge in [-0.25, -0.2) is 0 Å². The number of aromatic nitrogens is 2. The molecule has 0 aliphatic carbocycles. The monoisotopic (exact) mass is 374 g/mol. The lowest BCUT2D eigenvalue weighted by Crippen LogP contribution is -2.42. The first-order valence-corrected chi connectivity index (χ1v) is 7.83. The largest absolute Gasteiger partial charge is 0.358 e. The van der Waals surface area contributed by atoms with Gasteiger partial charge in [0.05, 0.1) is 6.42 Å². The average molecular weight is 375 g/mol. The lowest BCUT2D eigenvalue weighted by Gasteiger charge is -2.06. The molecular weight excluding hydrogens is 360 g/mol. The Labute approximate surface area is 140 Å². The third-order valence-corrected chi connectivity index (χ3v) is 4.03. The highest BCUT2D eigenvalue weighted by molar-refractivity contribution is 9.10. The van der Waals surface area contributed by atoms with Crippen LogP contribution >= 0.6 is 15.9 Å². The molecule has 0 fully saturated rings. The molecule has 3 aromatic rings. The van der Waals surface area contributed by atoms with E-state index in [9.17, 15) is 9.59 Å². The highest BCUT2D eigenvalue weighted by Gasteiger charge is 2.13. The van der Waals surface area contributed by atoms with Crippen LogP contribution in [0.4, 0.5) is 0 Å². The second kappa shape index (κ2) is 6.29. The van der Waals surface area contributed by atoms with Crippen molar-refractivity contribution in [3.63, 3.8) is 0 Å². The number of benzene rings is 1. The van der Waals surface area contributed by atoms with E-state index in [-0.39, 0.29) is 12.3 Å². The number of carbonyl (C=O) groups excluding carboxylic acids is 2. The van der Waals surface area contributed by atoms with E-state index in [4.69, 9.17) is 0 Å². The molecule has 2 heterocycles. The number of aromatic amines is 2. The summed E-state index contributed by atoms with van der Waals surface area (Å²) in [5, 5.41) is 1.01. The minimum atomic E-state index is -0.403. The Bertz CT molecular complexity index is 881. The summed E-state index contributed by atoms with van der Waals surface area (Å²) in [4.78, 5) is 30.0. The van der Waals surface area contributed by atoms with Gasteiger partial charge in [-0.3, -0.25) is 20.4 Å². The maximum atomic E-state index is 12.1. The van der Waals surface area contributed by atoms with Crippen LogP contribution in [0.5, 0.6) is 0 Å². The summed E-state index contributed by atoms with van der Waals surface area (Å²) in [5.74, 6) is -0.684. The number of H-pyrrole nitrogens is 2. The summed E-state index contributed by atoms with van der Waals surface area (Å²) in [7, 11) is 0. The molecule has 23 heavy (non-hydrogen) atoms. The molecule has 7 heteroatoms. The van der Waals surface area contributed by atoms with Gasteiger partial charge in [-0.2, -0.15) is 0 Å². The molecule has 0 bridgehead atoms. The van der Waals surface area contributed by atoms with Crippen molar-refractivity contribution in [1.82, 2.24) is 20.8 Å². The number of nitrogens with one attached hydrogen (secondary N) is 4. The van der Waals surface area contributed by atoms with E-state index >= 15 is 0 Å². The zero-order chi connectivity index (χ0) is 16.4. The first-order valence-electron chi connectivity index (χ1n) is 7.04.